The van der Waals surface area contributed by atoms with E-state index in [1.807, 2.05) is 64.0 Å². The van der Waals surface area contributed by atoms with Crippen LogP contribution in [0.4, 0.5) is 0 Å². The maximum atomic E-state index is 14.5. The number of primary amides is 1. The van der Waals surface area contributed by atoms with Gasteiger partial charge in [0.05, 0.1) is 18.7 Å². The number of fused-ring (bicyclic) bond motifs is 3. The molecule has 2 aromatic rings. The predicted octanol–water partition coefficient (Wildman–Crippen LogP) is 3.16. The van der Waals surface area contributed by atoms with Crippen molar-refractivity contribution in [3.8, 4) is 22.6 Å². The molecule has 246 valence electrons. The minimum absolute atomic E-state index is 0.00475. The van der Waals surface area contributed by atoms with Crippen LogP contribution < -0.4 is 10.5 Å². The fourth-order valence-corrected chi connectivity index (χ4v) is 7.56. The van der Waals surface area contributed by atoms with Gasteiger partial charge in [-0.1, -0.05) is 26.8 Å². The minimum Gasteiger partial charge on any atom is -0.510 e. The Hall–Kier alpha value is -4.19. The van der Waals surface area contributed by atoms with Crippen LogP contribution in [0.5, 0.6) is 11.5 Å². The molecule has 5 rings (SSSR count). The van der Waals surface area contributed by atoms with Crippen LogP contribution in [0.2, 0.25) is 0 Å². The molecule has 6 N–H and O–H groups in total. The zero-order chi connectivity index (χ0) is 34.2. The highest BCUT2D eigenvalue weighted by Crippen LogP contribution is 2.54. The first-order valence-electron chi connectivity index (χ1n) is 15.2. The number of nitrogens with two attached hydrogens (primary N) is 1. The Kier molecular flexibility index (Phi) is 8.12. The lowest BCUT2D eigenvalue weighted by Gasteiger charge is -2.50. The van der Waals surface area contributed by atoms with Crippen LogP contribution >= 0.6 is 0 Å². The number of aliphatic hydroxyl groups is 3. The van der Waals surface area contributed by atoms with Crippen LogP contribution in [0.25, 0.3) is 11.1 Å². The molecule has 11 nitrogen and oxygen atoms in total. The summed E-state index contributed by atoms with van der Waals surface area (Å²) in [6.45, 7) is 6.37. The van der Waals surface area contributed by atoms with E-state index in [1.165, 1.54) is 4.90 Å². The lowest BCUT2D eigenvalue weighted by atomic mass is 9.58. The van der Waals surface area contributed by atoms with E-state index in [-0.39, 0.29) is 29.7 Å². The van der Waals surface area contributed by atoms with E-state index in [0.29, 0.717) is 29.0 Å². The summed E-state index contributed by atoms with van der Waals surface area (Å²) in [6, 6.07) is 6.65. The molecule has 2 aromatic carbocycles. The van der Waals surface area contributed by atoms with Crippen LogP contribution in [0.15, 0.2) is 46.9 Å². The van der Waals surface area contributed by atoms with Crippen molar-refractivity contribution < 1.29 is 39.5 Å². The summed E-state index contributed by atoms with van der Waals surface area (Å²) >= 11 is 0. The van der Waals surface area contributed by atoms with Crippen molar-refractivity contribution in [1.29, 1.82) is 0 Å². The molecule has 4 atom stereocenters. The molecule has 3 aliphatic rings. The van der Waals surface area contributed by atoms with Gasteiger partial charge in [0.1, 0.15) is 28.6 Å². The second-order valence-electron chi connectivity index (χ2n) is 14.2. The van der Waals surface area contributed by atoms with Gasteiger partial charge in [-0.15, -0.1) is 0 Å². The summed E-state index contributed by atoms with van der Waals surface area (Å²) < 4.78 is 5.78. The number of aromatic hydroxyl groups is 1. The number of phenols is 1. The number of nitrogens with zero attached hydrogens (tertiary/aromatic N) is 2. The number of methoxy groups -OCH3 is 1. The van der Waals surface area contributed by atoms with Crippen molar-refractivity contribution in [2.24, 2.45) is 17.6 Å². The number of benzene rings is 2. The number of aliphatic hydroxyl groups excluding tert-OH is 2. The molecule has 1 amide bonds. The van der Waals surface area contributed by atoms with Crippen molar-refractivity contribution in [2.75, 3.05) is 35.3 Å². The molecule has 3 aliphatic carbocycles. The van der Waals surface area contributed by atoms with Crippen LogP contribution in [0, 0.1) is 11.8 Å². The topological polar surface area (TPSA) is 174 Å². The van der Waals surface area contributed by atoms with E-state index >= 15 is 0 Å². The molecule has 0 aliphatic heterocycles. The van der Waals surface area contributed by atoms with E-state index in [1.54, 1.807) is 21.2 Å². The number of carbonyl (C=O) groups excluding carboxylic acids is 3. The first-order valence-corrected chi connectivity index (χ1v) is 15.2. The summed E-state index contributed by atoms with van der Waals surface area (Å²) in [5.41, 5.74) is 4.54. The minimum atomic E-state index is -2.70. The van der Waals surface area contributed by atoms with Crippen LogP contribution in [-0.4, -0.2) is 94.6 Å². The third-order valence-corrected chi connectivity index (χ3v) is 9.58. The fraction of sp³-hybridized carbons (Fsp3) is 0.457. The van der Waals surface area contributed by atoms with E-state index in [0.717, 1.165) is 11.1 Å². The maximum absolute atomic E-state index is 14.5. The Morgan fingerprint density at radius 2 is 1.72 bits per heavy atom. The predicted molar refractivity (Wildman–Crippen MR) is 172 cm³/mol. The molecule has 0 heterocycles. The van der Waals surface area contributed by atoms with E-state index < -0.39 is 63.5 Å². The third kappa shape index (κ3) is 4.88. The SMILES string of the molecule is COc1ccc(CN(C)C)cc1-c1cc(C(C)(C)C)c(O)c2c1C[C@H]1C[C@@H]3[C@H](N(C)C)C(O)=C(C(N)=O)C(=O)[C@]3(O)C(O)=C1C2=O. The number of hydrogen-bond donors (Lipinski definition) is 5. The summed E-state index contributed by atoms with van der Waals surface area (Å²) in [5.74, 6) is -6.22. The smallest absolute Gasteiger partial charge is 0.255 e. The Balaban J connectivity index is 1.81. The summed E-state index contributed by atoms with van der Waals surface area (Å²) in [6.07, 6.45) is 0.174. The molecule has 46 heavy (non-hydrogen) atoms. The molecule has 0 radical (unpaired) electrons. The number of carbonyl (C=O) groups is 3. The average Bonchev–Trinajstić information content (AvgIpc) is 2.93. The second kappa shape index (κ2) is 11.3. The second-order valence-corrected chi connectivity index (χ2v) is 14.2. The molecule has 0 bridgehead atoms. The van der Waals surface area contributed by atoms with Crippen LogP contribution in [-0.2, 0) is 28.0 Å². The lowest BCUT2D eigenvalue weighted by molar-refractivity contribution is -0.148. The van der Waals surface area contributed by atoms with Gasteiger partial charge >= 0.3 is 0 Å². The number of Topliss-reactive ketones (excluding diaryl/α,β-unsaturated/α-hetero) is 2. The van der Waals surface area contributed by atoms with Crippen LogP contribution in [0.1, 0.15) is 54.2 Å². The Morgan fingerprint density at radius 1 is 1.07 bits per heavy atom. The maximum Gasteiger partial charge on any atom is 0.255 e. The molecule has 0 aromatic heterocycles. The highest BCUT2D eigenvalue weighted by atomic mass is 16.5. The van der Waals surface area contributed by atoms with Crippen molar-refractivity contribution >= 4 is 17.5 Å². The number of phenolic OH excluding ortho intramolecular Hbond substituents is 1. The molecule has 0 unspecified atom stereocenters. The van der Waals surface area contributed by atoms with E-state index in [9.17, 15) is 34.8 Å². The molecular formula is C35H43N3O8. The quantitative estimate of drug-likeness (QED) is 0.297. The summed E-state index contributed by atoms with van der Waals surface area (Å²) in [4.78, 5) is 44.0. The molecule has 0 saturated heterocycles. The van der Waals surface area contributed by atoms with E-state index in [4.69, 9.17) is 10.5 Å². The lowest BCUT2D eigenvalue weighted by Crippen LogP contribution is -2.63. The summed E-state index contributed by atoms with van der Waals surface area (Å²) in [7, 11) is 8.69. The van der Waals surface area contributed by atoms with Crippen molar-refractivity contribution in [3.05, 3.63) is 69.2 Å². The van der Waals surface area contributed by atoms with Crippen molar-refractivity contribution in [3.63, 3.8) is 0 Å². The van der Waals surface area contributed by atoms with Gasteiger partial charge in [-0.05, 0) is 87.3 Å². The first kappa shape index (κ1) is 33.2. The Bertz CT molecular complexity index is 1730. The van der Waals surface area contributed by atoms with Gasteiger partial charge in [-0.25, -0.2) is 0 Å². The number of ketones is 2. The number of ether oxygens (including phenoxy) is 1. The number of allylic oxidation sites excluding steroid dienone is 1. The zero-order valence-electron chi connectivity index (χ0n) is 27.6. The average molecular weight is 634 g/mol. The number of likely N-dealkylation sites (N-methyl/N-ethyl adjacent to an activating group) is 1. The molecule has 11 heteroatoms. The van der Waals surface area contributed by atoms with Gasteiger partial charge in [0.15, 0.2) is 11.4 Å². The molecule has 0 spiro atoms. The monoisotopic (exact) mass is 633 g/mol. The number of rotatable bonds is 6. The fourth-order valence-electron chi connectivity index (χ4n) is 7.56. The van der Waals surface area contributed by atoms with Gasteiger partial charge in [0.2, 0.25) is 5.78 Å². The van der Waals surface area contributed by atoms with Gasteiger partial charge < -0.3 is 35.8 Å². The zero-order valence-corrected chi connectivity index (χ0v) is 27.6. The molecular weight excluding hydrogens is 590 g/mol. The van der Waals surface area contributed by atoms with E-state index in [2.05, 4.69) is 0 Å². The normalized spacial score (nSPS) is 24.7. The highest BCUT2D eigenvalue weighted by molar-refractivity contribution is 6.25. The van der Waals surface area contributed by atoms with Gasteiger partial charge in [0.25, 0.3) is 5.91 Å². The highest BCUT2D eigenvalue weighted by Gasteiger charge is 2.63. The largest absolute Gasteiger partial charge is 0.510 e. The standard InChI is InChI=1S/C35H43N3O8/c1-34(2,3)22-14-18(19-11-16(15-37(4)5)9-10-23(19)46-8)20-12-17-13-21-27(38(6)7)30(41)26(33(36)44)32(43)35(21,45)31(42)24(17)29(40)25(20)28(22)39/h9-11,14,17,21,27,39,41-42,45H,12-13,15H2,1-8H3,(H2,36,44)/t17-,21+,27-,35+/m0/s1. The first-order chi connectivity index (χ1) is 21.4. The van der Waals surface area contributed by atoms with Gasteiger partial charge in [-0.3, -0.25) is 19.3 Å². The summed E-state index contributed by atoms with van der Waals surface area (Å²) in [5, 5.41) is 46.5. The number of hydrogen-bond acceptors (Lipinski definition) is 10. The van der Waals surface area contributed by atoms with Gasteiger partial charge in [-0.2, -0.15) is 0 Å². The number of amides is 1. The van der Waals surface area contributed by atoms with Crippen LogP contribution in [0.3, 0.4) is 0 Å². The Labute approximate surface area is 268 Å². The molecule has 0 saturated carbocycles. The van der Waals surface area contributed by atoms with Gasteiger partial charge in [0, 0.05) is 29.2 Å². The third-order valence-electron chi connectivity index (χ3n) is 9.58. The molecule has 0 fully saturated rings. The van der Waals surface area contributed by atoms with Crippen molar-refractivity contribution in [1.82, 2.24) is 9.80 Å². The van der Waals surface area contributed by atoms with Crippen molar-refractivity contribution in [2.45, 2.75) is 57.2 Å². The Morgan fingerprint density at radius 3 is 2.26 bits per heavy atom.